The van der Waals surface area contributed by atoms with E-state index in [2.05, 4.69) is 21.2 Å². The summed E-state index contributed by atoms with van der Waals surface area (Å²) < 4.78 is 11.9. The van der Waals surface area contributed by atoms with Crippen LogP contribution in [0, 0.1) is 12.8 Å². The predicted octanol–water partition coefficient (Wildman–Crippen LogP) is 1.97. The number of halogens is 1. The number of rotatable bonds is 7. The number of aromatic nitrogens is 1. The smallest absolute Gasteiger partial charge is 0.226 e. The number of nitrogens with one attached hydrogen (secondary N) is 2. The molecule has 0 atom stereocenters. The Morgan fingerprint density at radius 3 is 2.89 bits per heavy atom. The molecule has 0 bridgehead atoms. The lowest BCUT2D eigenvalue weighted by Crippen LogP contribution is -3.12. The molecule has 1 amide bonds. The van der Waals surface area contributed by atoms with Gasteiger partial charge >= 0.3 is 0 Å². The van der Waals surface area contributed by atoms with Crippen LogP contribution in [0.15, 0.2) is 33.2 Å². The average Bonchev–Trinajstić information content (AvgIpc) is 3.03. The first-order valence-electron chi connectivity index (χ1n) is 9.39. The molecule has 0 saturated carbocycles. The van der Waals surface area contributed by atoms with E-state index in [1.165, 1.54) is 4.90 Å². The van der Waals surface area contributed by atoms with E-state index in [0.29, 0.717) is 19.0 Å². The molecule has 1 aromatic heterocycles. The first-order chi connectivity index (χ1) is 13.1. The van der Waals surface area contributed by atoms with Crippen LogP contribution < -0.4 is 10.2 Å². The van der Waals surface area contributed by atoms with Gasteiger partial charge in [0.1, 0.15) is 18.0 Å². The van der Waals surface area contributed by atoms with Crippen molar-refractivity contribution in [1.29, 1.82) is 0 Å². The monoisotopic (exact) mass is 436 g/mol. The number of nitrogens with zero attached hydrogens (tertiary/aromatic N) is 1. The van der Waals surface area contributed by atoms with Gasteiger partial charge in [-0.05, 0) is 25.1 Å². The molecule has 6 nitrogen and oxygen atoms in total. The number of likely N-dealkylation sites (tertiary alicyclic amines) is 1. The lowest BCUT2D eigenvalue weighted by atomic mass is 9.96. The van der Waals surface area contributed by atoms with E-state index in [9.17, 15) is 4.79 Å². The number of amides is 1. The molecule has 0 spiro atoms. The van der Waals surface area contributed by atoms with Gasteiger partial charge in [-0.1, -0.05) is 22.0 Å². The molecule has 2 N–H and O–H groups in total. The second-order valence-corrected chi connectivity index (χ2v) is 7.93. The third kappa shape index (κ3) is 5.40. The van der Waals surface area contributed by atoms with Gasteiger partial charge in [0, 0.05) is 42.5 Å². The minimum Gasteiger partial charge on any atom is -0.441 e. The summed E-state index contributed by atoms with van der Waals surface area (Å²) in [5.41, 5.74) is 1.98. The van der Waals surface area contributed by atoms with Gasteiger partial charge in [-0.25, -0.2) is 4.98 Å². The van der Waals surface area contributed by atoms with Crippen LogP contribution >= 0.6 is 15.9 Å². The molecule has 1 fully saturated rings. The summed E-state index contributed by atoms with van der Waals surface area (Å²) in [7, 11) is 1.64. The molecule has 1 aromatic carbocycles. The Morgan fingerprint density at radius 2 is 2.19 bits per heavy atom. The summed E-state index contributed by atoms with van der Waals surface area (Å²) in [6, 6.07) is 7.97. The maximum absolute atomic E-state index is 12.2. The highest BCUT2D eigenvalue weighted by molar-refractivity contribution is 9.10. The molecule has 0 aliphatic carbocycles. The number of benzene rings is 1. The highest BCUT2D eigenvalue weighted by atomic mass is 79.9. The van der Waals surface area contributed by atoms with Gasteiger partial charge < -0.3 is 19.4 Å². The highest BCUT2D eigenvalue weighted by Crippen LogP contribution is 2.24. The Labute approximate surface area is 168 Å². The topological polar surface area (TPSA) is 68.8 Å². The predicted molar refractivity (Wildman–Crippen MR) is 106 cm³/mol. The molecular formula is C20H27BrN3O3+. The van der Waals surface area contributed by atoms with Gasteiger partial charge in [0.05, 0.1) is 19.7 Å². The highest BCUT2D eigenvalue weighted by Gasteiger charge is 2.28. The summed E-state index contributed by atoms with van der Waals surface area (Å²) in [5.74, 6) is 1.80. The lowest BCUT2D eigenvalue weighted by Gasteiger charge is -2.28. The number of oxazole rings is 1. The van der Waals surface area contributed by atoms with Crippen LogP contribution in [0.1, 0.15) is 24.3 Å². The fourth-order valence-electron chi connectivity index (χ4n) is 3.46. The zero-order chi connectivity index (χ0) is 19.2. The average molecular weight is 437 g/mol. The standard InChI is InChI=1S/C20H26BrN3O3/c1-14-18(23-20(27-14)16-4-3-5-17(21)12-16)13-24-9-6-15(7-10-24)19(25)22-8-11-26-2/h3-5,12,15H,6-11,13H2,1-2H3,(H,22,25)/p+1. The van der Waals surface area contributed by atoms with Crippen molar-refractivity contribution in [2.45, 2.75) is 26.3 Å². The van der Waals surface area contributed by atoms with Crippen molar-refractivity contribution in [2.75, 3.05) is 33.4 Å². The first kappa shape index (κ1) is 20.0. The van der Waals surface area contributed by atoms with E-state index < -0.39 is 0 Å². The zero-order valence-corrected chi connectivity index (χ0v) is 17.5. The van der Waals surface area contributed by atoms with Crippen molar-refractivity contribution in [3.63, 3.8) is 0 Å². The largest absolute Gasteiger partial charge is 0.441 e. The van der Waals surface area contributed by atoms with E-state index >= 15 is 0 Å². The summed E-state index contributed by atoms with van der Waals surface area (Å²) in [5, 5.41) is 2.95. The second-order valence-electron chi connectivity index (χ2n) is 7.02. The van der Waals surface area contributed by atoms with Crippen molar-refractivity contribution in [2.24, 2.45) is 5.92 Å². The van der Waals surface area contributed by atoms with Gasteiger partial charge in [0.15, 0.2) is 0 Å². The second kappa shape index (κ2) is 9.48. The number of piperidine rings is 1. The Bertz CT molecular complexity index is 770. The van der Waals surface area contributed by atoms with Crippen LogP contribution in [0.5, 0.6) is 0 Å². The summed E-state index contributed by atoms with van der Waals surface area (Å²) in [4.78, 5) is 18.3. The Kier molecular flexibility index (Phi) is 7.04. The molecule has 7 heteroatoms. The van der Waals surface area contributed by atoms with E-state index in [-0.39, 0.29) is 11.8 Å². The van der Waals surface area contributed by atoms with Gasteiger partial charge in [0.2, 0.25) is 11.8 Å². The van der Waals surface area contributed by atoms with Crippen LogP contribution in [-0.2, 0) is 16.1 Å². The zero-order valence-electron chi connectivity index (χ0n) is 15.9. The molecule has 1 aliphatic heterocycles. The van der Waals surface area contributed by atoms with E-state index in [0.717, 1.165) is 54.0 Å². The summed E-state index contributed by atoms with van der Waals surface area (Å²) >= 11 is 3.49. The molecule has 0 radical (unpaired) electrons. The quantitative estimate of drug-likeness (QED) is 0.651. The van der Waals surface area contributed by atoms with Crippen LogP contribution in [0.4, 0.5) is 0 Å². The molecule has 1 saturated heterocycles. The Hall–Kier alpha value is -1.70. The van der Waals surface area contributed by atoms with Crippen molar-refractivity contribution in [1.82, 2.24) is 10.3 Å². The number of methoxy groups -OCH3 is 1. The molecule has 27 heavy (non-hydrogen) atoms. The number of aryl methyl sites for hydroxylation is 1. The van der Waals surface area contributed by atoms with E-state index in [1.54, 1.807) is 7.11 Å². The minimum absolute atomic E-state index is 0.112. The van der Waals surface area contributed by atoms with Crippen LogP contribution in [0.2, 0.25) is 0 Å². The molecule has 2 aromatic rings. The van der Waals surface area contributed by atoms with E-state index in [1.807, 2.05) is 31.2 Å². The van der Waals surface area contributed by atoms with E-state index in [4.69, 9.17) is 14.1 Å². The number of ether oxygens (including phenoxy) is 1. The Morgan fingerprint density at radius 1 is 1.41 bits per heavy atom. The maximum atomic E-state index is 12.2. The van der Waals surface area contributed by atoms with Crippen LogP contribution in [0.3, 0.4) is 0 Å². The third-order valence-electron chi connectivity index (χ3n) is 5.05. The molecule has 1 aliphatic rings. The maximum Gasteiger partial charge on any atom is 0.226 e. The molecule has 3 rings (SSSR count). The number of carbonyl (C=O) groups excluding carboxylic acids is 1. The minimum atomic E-state index is 0.112. The van der Waals surface area contributed by atoms with Crippen molar-refractivity contribution >= 4 is 21.8 Å². The number of hydrogen-bond acceptors (Lipinski definition) is 4. The Balaban J connectivity index is 1.54. The van der Waals surface area contributed by atoms with Crippen LogP contribution in [-0.4, -0.2) is 44.2 Å². The van der Waals surface area contributed by atoms with Crippen molar-refractivity contribution < 1.29 is 18.8 Å². The molecular weight excluding hydrogens is 410 g/mol. The fourth-order valence-corrected chi connectivity index (χ4v) is 3.86. The van der Waals surface area contributed by atoms with Gasteiger partial charge in [-0.15, -0.1) is 0 Å². The number of quaternary nitrogens is 1. The van der Waals surface area contributed by atoms with Crippen LogP contribution in [0.25, 0.3) is 11.5 Å². The first-order valence-corrected chi connectivity index (χ1v) is 10.2. The fraction of sp³-hybridized carbons (Fsp3) is 0.500. The molecule has 2 heterocycles. The van der Waals surface area contributed by atoms with Gasteiger partial charge in [-0.2, -0.15) is 0 Å². The number of hydrogen-bond donors (Lipinski definition) is 2. The number of carbonyl (C=O) groups is 1. The summed E-state index contributed by atoms with van der Waals surface area (Å²) in [6.07, 6.45) is 1.81. The van der Waals surface area contributed by atoms with Gasteiger partial charge in [0.25, 0.3) is 0 Å². The summed E-state index contributed by atoms with van der Waals surface area (Å²) in [6.45, 7) is 5.89. The SMILES string of the molecule is COCCNC(=O)C1CC[NH+](Cc2nc(-c3cccc(Br)c3)oc2C)CC1. The third-order valence-corrected chi connectivity index (χ3v) is 5.54. The van der Waals surface area contributed by atoms with Gasteiger partial charge in [-0.3, -0.25) is 4.79 Å². The molecule has 0 unspecified atom stereocenters. The molecule has 146 valence electrons. The van der Waals surface area contributed by atoms with Crippen molar-refractivity contribution in [3.05, 3.63) is 40.2 Å². The van der Waals surface area contributed by atoms with Crippen molar-refractivity contribution in [3.8, 4) is 11.5 Å². The normalized spacial score (nSPS) is 19.8. The lowest BCUT2D eigenvalue weighted by molar-refractivity contribution is -0.919.